The third-order valence-corrected chi connectivity index (χ3v) is 2.20. The second kappa shape index (κ2) is 5.53. The molecule has 0 aromatic carbocycles. The zero-order valence-electron chi connectivity index (χ0n) is 7.49. The number of carbonyl (C=O) groups is 1. The number of sulfonamides is 1. The minimum atomic E-state index is -3.62. The highest BCUT2D eigenvalue weighted by molar-refractivity contribution is 7.92. The number of rotatable bonds is 5. The molecule has 0 spiro atoms. The monoisotopic (exact) mass is 203 g/mol. The highest BCUT2D eigenvalue weighted by atomic mass is 32.2. The summed E-state index contributed by atoms with van der Waals surface area (Å²) in [5.41, 5.74) is 0. The fraction of sp³-hybridized carbons (Fsp3) is 0.375. The Hall–Kier alpha value is -1.10. The maximum Gasteiger partial charge on any atom is 0.257 e. The number of amides is 1. The van der Waals surface area contributed by atoms with E-state index in [1.54, 1.807) is 4.72 Å². The van der Waals surface area contributed by atoms with Crippen LogP contribution >= 0.6 is 0 Å². The number of unbranched alkanes of at least 4 members (excludes halogenated alkanes) is 1. The Morgan fingerprint density at radius 2 is 2.15 bits per heavy atom. The van der Waals surface area contributed by atoms with Gasteiger partial charge >= 0.3 is 0 Å². The summed E-state index contributed by atoms with van der Waals surface area (Å²) in [7, 11) is -3.62. The van der Waals surface area contributed by atoms with E-state index in [-0.39, 0.29) is 0 Å². The molecule has 13 heavy (non-hydrogen) atoms. The first kappa shape index (κ1) is 11.9. The molecular weight excluding hydrogens is 190 g/mol. The molecule has 0 heterocycles. The fourth-order valence-corrected chi connectivity index (χ4v) is 1.40. The van der Waals surface area contributed by atoms with E-state index in [1.807, 2.05) is 6.92 Å². The summed E-state index contributed by atoms with van der Waals surface area (Å²) >= 11 is 0. The summed E-state index contributed by atoms with van der Waals surface area (Å²) in [6.45, 7) is 5.07. The van der Waals surface area contributed by atoms with Crippen LogP contribution < -0.4 is 4.72 Å². The van der Waals surface area contributed by atoms with Crippen LogP contribution in [0.3, 0.4) is 0 Å². The van der Waals surface area contributed by atoms with Gasteiger partial charge < -0.3 is 0 Å². The Kier molecular flexibility index (Phi) is 5.06. The Bertz CT molecular complexity index is 303. The van der Waals surface area contributed by atoms with Crippen molar-refractivity contribution in [3.63, 3.8) is 0 Å². The van der Waals surface area contributed by atoms with Crippen molar-refractivity contribution >= 4 is 15.9 Å². The predicted molar refractivity (Wildman–Crippen MR) is 51.3 cm³/mol. The molecule has 0 aromatic heterocycles. The third-order valence-electron chi connectivity index (χ3n) is 1.16. The molecule has 0 aliphatic carbocycles. The van der Waals surface area contributed by atoms with E-state index in [1.165, 1.54) is 6.08 Å². The summed E-state index contributed by atoms with van der Waals surface area (Å²) in [5.74, 6) is -0.721. The Morgan fingerprint density at radius 1 is 1.54 bits per heavy atom. The summed E-state index contributed by atoms with van der Waals surface area (Å²) in [4.78, 5) is 10.6. The summed E-state index contributed by atoms with van der Waals surface area (Å²) in [6, 6.07) is 0. The molecule has 1 amide bonds. The van der Waals surface area contributed by atoms with Crippen LogP contribution in [0.1, 0.15) is 19.8 Å². The van der Waals surface area contributed by atoms with Gasteiger partial charge in [-0.2, -0.15) is 0 Å². The van der Waals surface area contributed by atoms with Crippen molar-refractivity contribution in [2.75, 3.05) is 0 Å². The molecule has 0 atom stereocenters. The number of hydrogen-bond acceptors (Lipinski definition) is 3. The maximum absolute atomic E-state index is 11.0. The smallest absolute Gasteiger partial charge is 0.257 e. The van der Waals surface area contributed by atoms with Crippen molar-refractivity contribution in [1.82, 2.24) is 4.72 Å². The van der Waals surface area contributed by atoms with E-state index in [0.29, 0.717) is 6.42 Å². The standard InChI is InChI=1S/C8H13NO3S/c1-3-5-6-7-13(11,12)9-8(10)4-2/h4,6-7H,2-3,5H2,1H3,(H,9,10)/b7-6+. The zero-order chi connectivity index (χ0) is 10.3. The topological polar surface area (TPSA) is 63.2 Å². The van der Waals surface area contributed by atoms with Gasteiger partial charge in [-0.15, -0.1) is 0 Å². The molecule has 0 unspecified atom stereocenters. The van der Waals surface area contributed by atoms with Crippen molar-refractivity contribution in [3.05, 3.63) is 24.1 Å². The molecule has 0 bridgehead atoms. The van der Waals surface area contributed by atoms with Gasteiger partial charge in [0.15, 0.2) is 0 Å². The van der Waals surface area contributed by atoms with Crippen molar-refractivity contribution in [2.24, 2.45) is 0 Å². The van der Waals surface area contributed by atoms with E-state index < -0.39 is 15.9 Å². The van der Waals surface area contributed by atoms with Crippen LogP contribution in [0.5, 0.6) is 0 Å². The third kappa shape index (κ3) is 6.10. The Morgan fingerprint density at radius 3 is 2.62 bits per heavy atom. The van der Waals surface area contributed by atoms with Crippen molar-refractivity contribution in [1.29, 1.82) is 0 Å². The normalized spacial score (nSPS) is 11.5. The molecule has 0 aliphatic rings. The lowest BCUT2D eigenvalue weighted by Crippen LogP contribution is -2.26. The van der Waals surface area contributed by atoms with E-state index >= 15 is 0 Å². The van der Waals surface area contributed by atoms with Gasteiger partial charge in [0.25, 0.3) is 15.9 Å². The molecule has 0 aromatic rings. The quantitative estimate of drug-likeness (QED) is 0.676. The summed E-state index contributed by atoms with van der Waals surface area (Å²) in [5, 5.41) is 0.984. The molecular formula is C8H13NO3S. The van der Waals surface area contributed by atoms with Gasteiger partial charge in [0.1, 0.15) is 0 Å². The van der Waals surface area contributed by atoms with Gasteiger partial charge in [-0.1, -0.05) is 26.0 Å². The summed E-state index contributed by atoms with van der Waals surface area (Å²) < 4.78 is 23.8. The number of carbonyl (C=O) groups excluding carboxylic acids is 1. The Balaban J connectivity index is 4.25. The number of nitrogens with one attached hydrogen (secondary N) is 1. The van der Waals surface area contributed by atoms with Gasteiger partial charge in [-0.25, -0.2) is 13.1 Å². The predicted octanol–water partition coefficient (Wildman–Crippen LogP) is 0.932. The van der Waals surface area contributed by atoms with E-state index in [9.17, 15) is 13.2 Å². The minimum Gasteiger partial charge on any atom is -0.269 e. The van der Waals surface area contributed by atoms with Crippen molar-refractivity contribution in [3.8, 4) is 0 Å². The SMILES string of the molecule is C=CC(=O)NS(=O)(=O)/C=C/CCC. The van der Waals surface area contributed by atoms with Crippen LogP contribution in [0.25, 0.3) is 0 Å². The molecule has 74 valence electrons. The lowest BCUT2D eigenvalue weighted by Gasteiger charge is -1.97. The second-order valence-electron chi connectivity index (χ2n) is 2.38. The molecule has 0 saturated carbocycles. The second-order valence-corrected chi connectivity index (χ2v) is 3.94. The van der Waals surface area contributed by atoms with Crippen LogP contribution in [0.4, 0.5) is 0 Å². The minimum absolute atomic E-state index is 0.670. The molecule has 1 N–H and O–H groups in total. The average molecular weight is 203 g/mol. The highest BCUT2D eigenvalue weighted by Gasteiger charge is 2.06. The summed E-state index contributed by atoms with van der Waals surface area (Å²) in [6.07, 6.45) is 3.94. The van der Waals surface area contributed by atoms with E-state index in [2.05, 4.69) is 6.58 Å². The highest BCUT2D eigenvalue weighted by Crippen LogP contribution is 1.93. The molecule has 0 fully saturated rings. The molecule has 0 radical (unpaired) electrons. The first-order valence-corrected chi connectivity index (χ1v) is 5.42. The zero-order valence-corrected chi connectivity index (χ0v) is 8.30. The van der Waals surface area contributed by atoms with Crippen LogP contribution in [0.15, 0.2) is 24.1 Å². The van der Waals surface area contributed by atoms with Crippen LogP contribution in [0, 0.1) is 0 Å². The van der Waals surface area contributed by atoms with E-state index in [0.717, 1.165) is 17.9 Å². The average Bonchev–Trinajstić information content (AvgIpc) is 2.03. The molecule has 4 nitrogen and oxygen atoms in total. The molecule has 5 heteroatoms. The number of allylic oxidation sites excluding steroid dienone is 1. The molecule has 0 rings (SSSR count). The first-order valence-electron chi connectivity index (χ1n) is 3.87. The maximum atomic E-state index is 11.0. The molecule has 0 aliphatic heterocycles. The van der Waals surface area contributed by atoms with Gasteiger partial charge in [0, 0.05) is 5.41 Å². The van der Waals surface area contributed by atoms with Gasteiger partial charge in [0.05, 0.1) is 0 Å². The van der Waals surface area contributed by atoms with Crippen LogP contribution in [-0.2, 0) is 14.8 Å². The Labute approximate surface area is 78.4 Å². The van der Waals surface area contributed by atoms with E-state index in [4.69, 9.17) is 0 Å². The van der Waals surface area contributed by atoms with Crippen molar-refractivity contribution < 1.29 is 13.2 Å². The largest absolute Gasteiger partial charge is 0.269 e. The van der Waals surface area contributed by atoms with Gasteiger partial charge in [-0.3, -0.25) is 4.79 Å². The fourth-order valence-electron chi connectivity index (χ4n) is 0.577. The van der Waals surface area contributed by atoms with Crippen LogP contribution in [-0.4, -0.2) is 14.3 Å². The lowest BCUT2D eigenvalue weighted by atomic mass is 10.3. The number of hydrogen-bond donors (Lipinski definition) is 1. The first-order chi connectivity index (χ1) is 6.02. The lowest BCUT2D eigenvalue weighted by molar-refractivity contribution is -0.114. The van der Waals surface area contributed by atoms with Gasteiger partial charge in [-0.05, 0) is 12.5 Å². The van der Waals surface area contributed by atoms with Crippen molar-refractivity contribution in [2.45, 2.75) is 19.8 Å². The molecule has 0 saturated heterocycles. The van der Waals surface area contributed by atoms with Gasteiger partial charge in [0.2, 0.25) is 0 Å². The van der Waals surface area contributed by atoms with Crippen LogP contribution in [0.2, 0.25) is 0 Å².